The van der Waals surface area contributed by atoms with Crippen LogP contribution in [0.25, 0.3) is 11.5 Å². The van der Waals surface area contributed by atoms with Crippen LogP contribution in [0.1, 0.15) is 35.5 Å². The predicted molar refractivity (Wildman–Crippen MR) is 142 cm³/mol. The number of halogens is 1. The van der Waals surface area contributed by atoms with Crippen LogP contribution >= 0.6 is 0 Å². The first kappa shape index (κ1) is 22.8. The zero-order valence-corrected chi connectivity index (χ0v) is 20.4. The normalized spacial score (nSPS) is 14.5. The summed E-state index contributed by atoms with van der Waals surface area (Å²) in [5.41, 5.74) is 5.06. The minimum Gasteiger partial charge on any atom is -0.308 e. The lowest BCUT2D eigenvalue weighted by Crippen LogP contribution is -2.38. The molecule has 0 spiro atoms. The number of para-hydroxylation sites is 2. The van der Waals surface area contributed by atoms with E-state index in [9.17, 15) is 9.18 Å². The second-order valence-electron chi connectivity index (χ2n) is 9.03. The van der Waals surface area contributed by atoms with Gasteiger partial charge in [0, 0.05) is 17.4 Å². The van der Waals surface area contributed by atoms with Crippen molar-refractivity contribution in [1.82, 2.24) is 19.2 Å². The molecule has 0 aliphatic carbocycles. The summed E-state index contributed by atoms with van der Waals surface area (Å²) in [4.78, 5) is 15.7. The van der Waals surface area contributed by atoms with Crippen LogP contribution in [-0.4, -0.2) is 25.3 Å². The van der Waals surface area contributed by atoms with Gasteiger partial charge in [-0.2, -0.15) is 5.10 Å². The number of nitrogens with zero attached hydrogens (tertiary/aromatic N) is 4. The molecule has 6 rings (SSSR count). The molecule has 0 radical (unpaired) electrons. The topological polar surface area (TPSA) is 55.1 Å². The molecule has 1 atom stereocenters. The summed E-state index contributed by atoms with van der Waals surface area (Å²) in [5, 5.41) is 8.01. The van der Waals surface area contributed by atoms with Crippen LogP contribution < -0.4 is 5.32 Å². The van der Waals surface area contributed by atoms with E-state index in [1.54, 1.807) is 11.0 Å². The molecule has 6 nitrogen and oxygen atoms in total. The number of hydrogen-bond donors (Lipinski definition) is 1. The quantitative estimate of drug-likeness (QED) is 0.312. The summed E-state index contributed by atoms with van der Waals surface area (Å²) < 4.78 is 18.5. The van der Waals surface area contributed by atoms with Crippen molar-refractivity contribution in [2.24, 2.45) is 0 Å². The van der Waals surface area contributed by atoms with Crippen molar-refractivity contribution in [1.29, 1.82) is 0 Å². The Bertz CT molecular complexity index is 1560. The summed E-state index contributed by atoms with van der Waals surface area (Å²) in [6.45, 7) is 2.38. The average Bonchev–Trinajstić information content (AvgIpc) is 3.51. The third kappa shape index (κ3) is 4.08. The van der Waals surface area contributed by atoms with Gasteiger partial charge in [0.2, 0.25) is 0 Å². The first-order valence-corrected chi connectivity index (χ1v) is 12.4. The number of amides is 2. The first-order valence-electron chi connectivity index (χ1n) is 12.4. The van der Waals surface area contributed by atoms with Crippen molar-refractivity contribution in [3.05, 3.63) is 132 Å². The Hall–Kier alpha value is -4.65. The van der Waals surface area contributed by atoms with E-state index < -0.39 is 6.04 Å². The third-order valence-electron chi connectivity index (χ3n) is 6.75. The molecule has 2 amide bonds. The molecule has 0 saturated carbocycles. The Labute approximate surface area is 214 Å². The summed E-state index contributed by atoms with van der Waals surface area (Å²) in [6.07, 6.45) is 2.69. The van der Waals surface area contributed by atoms with Crippen LogP contribution in [0, 0.1) is 5.82 Å². The largest absolute Gasteiger partial charge is 0.322 e. The Kier molecular flexibility index (Phi) is 5.81. The number of anilines is 1. The van der Waals surface area contributed by atoms with Crippen LogP contribution in [-0.2, 0) is 13.0 Å². The van der Waals surface area contributed by atoms with Gasteiger partial charge in [-0.05, 0) is 60.5 Å². The number of hydrogen-bond acceptors (Lipinski definition) is 2. The summed E-state index contributed by atoms with van der Waals surface area (Å²) in [6, 6.07) is 29.0. The van der Waals surface area contributed by atoms with Gasteiger partial charge < -0.3 is 14.8 Å². The number of benzene rings is 3. The average molecular weight is 492 g/mol. The number of urea groups is 1. The fourth-order valence-electron chi connectivity index (χ4n) is 5.09. The lowest BCUT2D eigenvalue weighted by molar-refractivity contribution is 0.194. The Balaban J connectivity index is 1.57. The number of rotatable bonds is 4. The van der Waals surface area contributed by atoms with Crippen LogP contribution in [0.5, 0.6) is 0 Å². The molecule has 1 aliphatic heterocycles. The van der Waals surface area contributed by atoms with Gasteiger partial charge in [-0.15, -0.1) is 0 Å². The maximum absolute atomic E-state index is 14.5. The molecule has 1 unspecified atom stereocenters. The highest BCUT2D eigenvalue weighted by molar-refractivity contribution is 5.90. The molecular weight excluding hydrogens is 465 g/mol. The fraction of sp³-hybridized carbons (Fsp3) is 0.133. The second-order valence-corrected chi connectivity index (χ2v) is 9.03. The lowest BCUT2D eigenvalue weighted by Gasteiger charge is -2.31. The van der Waals surface area contributed by atoms with Gasteiger partial charge in [-0.25, -0.2) is 13.9 Å². The lowest BCUT2D eigenvalue weighted by atomic mass is 10.0. The number of carbonyl (C=O) groups is 1. The van der Waals surface area contributed by atoms with Crippen LogP contribution in [0.15, 0.2) is 103 Å². The molecule has 184 valence electrons. The highest BCUT2D eigenvalue weighted by atomic mass is 19.1. The van der Waals surface area contributed by atoms with Gasteiger partial charge >= 0.3 is 6.03 Å². The van der Waals surface area contributed by atoms with Crippen molar-refractivity contribution in [3.63, 3.8) is 0 Å². The molecule has 3 aromatic carbocycles. The van der Waals surface area contributed by atoms with Crippen molar-refractivity contribution in [3.8, 4) is 11.5 Å². The van der Waals surface area contributed by atoms with Crippen LogP contribution in [0.2, 0.25) is 0 Å². The minimum atomic E-state index is -0.518. The smallest absolute Gasteiger partial charge is 0.308 e. The monoisotopic (exact) mass is 491 g/mol. The molecule has 5 aromatic rings. The van der Waals surface area contributed by atoms with E-state index in [4.69, 9.17) is 5.10 Å². The summed E-state index contributed by atoms with van der Waals surface area (Å²) >= 11 is 0. The van der Waals surface area contributed by atoms with Crippen LogP contribution in [0.4, 0.5) is 14.9 Å². The minimum absolute atomic E-state index is 0.268. The molecule has 7 heteroatoms. The maximum atomic E-state index is 14.5. The molecule has 1 N–H and O–H groups in total. The third-order valence-corrected chi connectivity index (χ3v) is 6.75. The van der Waals surface area contributed by atoms with E-state index in [0.29, 0.717) is 24.2 Å². The van der Waals surface area contributed by atoms with E-state index >= 15 is 0 Å². The van der Waals surface area contributed by atoms with E-state index in [0.717, 1.165) is 28.5 Å². The van der Waals surface area contributed by atoms with Crippen molar-refractivity contribution in [2.75, 3.05) is 5.32 Å². The molecule has 37 heavy (non-hydrogen) atoms. The molecule has 0 saturated heterocycles. The molecule has 1 aliphatic rings. The van der Waals surface area contributed by atoms with E-state index in [2.05, 4.69) is 16.8 Å². The summed E-state index contributed by atoms with van der Waals surface area (Å²) in [5.74, 6) is 0.546. The number of carbonyl (C=O) groups excluding carboxylic acids is 1. The standard InChI is InChI=1S/C30H26FN5O/c1-2-26-25-20-35(30(37)32-23-13-5-3-6-14-23)28(21-11-9-12-22(31)19-21)27-17-10-18-34(27)29(25)36(33-26)24-15-7-4-8-16-24/h3-19,28H,2,20H2,1H3,(H,32,37). The molecule has 0 bridgehead atoms. The number of fused-ring (bicyclic) bond motifs is 3. The number of aromatic nitrogens is 3. The van der Waals surface area contributed by atoms with Gasteiger partial charge in [0.05, 0.1) is 29.7 Å². The molecule has 2 aromatic heterocycles. The van der Waals surface area contributed by atoms with Crippen molar-refractivity contribution >= 4 is 11.7 Å². The van der Waals surface area contributed by atoms with Crippen LogP contribution in [0.3, 0.4) is 0 Å². The molecule has 3 heterocycles. The number of aryl methyl sites for hydroxylation is 1. The zero-order chi connectivity index (χ0) is 25.4. The molecular formula is C30H26FN5O. The molecule has 0 fully saturated rings. The zero-order valence-electron chi connectivity index (χ0n) is 20.4. The predicted octanol–water partition coefficient (Wildman–Crippen LogP) is 6.50. The van der Waals surface area contributed by atoms with Crippen molar-refractivity contribution < 1.29 is 9.18 Å². The second kappa shape index (κ2) is 9.43. The van der Waals surface area contributed by atoms with Gasteiger partial charge in [-0.3, -0.25) is 0 Å². The maximum Gasteiger partial charge on any atom is 0.322 e. The fourth-order valence-corrected chi connectivity index (χ4v) is 5.09. The Morgan fingerprint density at radius 2 is 1.73 bits per heavy atom. The SMILES string of the molecule is CCc1nn(-c2ccccc2)c2c1CN(C(=O)Nc1ccccc1)C(c1cccc(F)c1)c1cccn1-2. The Morgan fingerprint density at radius 1 is 0.973 bits per heavy atom. The van der Waals surface area contributed by atoms with E-state index in [1.165, 1.54) is 12.1 Å². The highest BCUT2D eigenvalue weighted by Crippen LogP contribution is 2.39. The van der Waals surface area contributed by atoms with Gasteiger partial charge in [-0.1, -0.05) is 55.5 Å². The van der Waals surface area contributed by atoms with E-state index in [1.807, 2.05) is 89.7 Å². The van der Waals surface area contributed by atoms with E-state index in [-0.39, 0.29) is 11.8 Å². The number of nitrogens with one attached hydrogen (secondary N) is 1. The highest BCUT2D eigenvalue weighted by Gasteiger charge is 2.36. The van der Waals surface area contributed by atoms with Gasteiger partial charge in [0.15, 0.2) is 0 Å². The first-order chi connectivity index (χ1) is 18.1. The van der Waals surface area contributed by atoms with Gasteiger partial charge in [0.1, 0.15) is 11.6 Å². The van der Waals surface area contributed by atoms with Gasteiger partial charge in [0.25, 0.3) is 0 Å². The van der Waals surface area contributed by atoms with Crippen molar-refractivity contribution in [2.45, 2.75) is 25.9 Å². The Morgan fingerprint density at radius 3 is 2.46 bits per heavy atom. The summed E-state index contributed by atoms with van der Waals surface area (Å²) in [7, 11) is 0.